The van der Waals surface area contributed by atoms with Crippen LogP contribution in [0.4, 0.5) is 0 Å². The van der Waals surface area contributed by atoms with Crippen molar-refractivity contribution in [1.82, 2.24) is 9.80 Å². The van der Waals surface area contributed by atoms with Crippen molar-refractivity contribution in [1.29, 1.82) is 0 Å². The number of carbonyl (C=O) groups excluding carboxylic acids is 1. The third-order valence-electron chi connectivity index (χ3n) is 4.37. The molecule has 0 aliphatic carbocycles. The van der Waals surface area contributed by atoms with Crippen LogP contribution in [0, 0.1) is 0 Å². The van der Waals surface area contributed by atoms with E-state index in [0.29, 0.717) is 17.6 Å². The van der Waals surface area contributed by atoms with Crippen molar-refractivity contribution in [2.45, 2.75) is 39.4 Å². The summed E-state index contributed by atoms with van der Waals surface area (Å²) < 4.78 is 0. The number of nitrogens with zero attached hydrogens (tertiary/aromatic N) is 2. The van der Waals surface area contributed by atoms with Crippen molar-refractivity contribution in [3.63, 3.8) is 0 Å². The highest BCUT2D eigenvalue weighted by atomic mass is 16.3. The molecule has 0 spiro atoms. The fourth-order valence-corrected chi connectivity index (χ4v) is 3.36. The Bertz CT molecular complexity index is 460. The zero-order valence-corrected chi connectivity index (χ0v) is 13.2. The van der Waals surface area contributed by atoms with Crippen LogP contribution in [0.25, 0.3) is 0 Å². The maximum absolute atomic E-state index is 11.4. The third kappa shape index (κ3) is 3.90. The van der Waals surface area contributed by atoms with E-state index in [-0.39, 0.29) is 5.78 Å². The lowest BCUT2D eigenvalue weighted by Crippen LogP contribution is -2.56. The first-order valence-corrected chi connectivity index (χ1v) is 7.76. The fraction of sp³-hybridized carbons (Fsp3) is 0.588. The Labute approximate surface area is 127 Å². The first-order valence-electron chi connectivity index (χ1n) is 7.76. The average Bonchev–Trinajstić information content (AvgIpc) is 2.47. The minimum absolute atomic E-state index is 0.222. The summed E-state index contributed by atoms with van der Waals surface area (Å²) in [5.74, 6) is -0.222. The van der Waals surface area contributed by atoms with Gasteiger partial charge in [0.15, 0.2) is 5.78 Å². The molecule has 0 aromatic heterocycles. The minimum Gasteiger partial charge on any atom is -0.388 e. The lowest BCUT2D eigenvalue weighted by Gasteiger charge is -2.44. The number of likely N-dealkylation sites (N-methyl/N-ethyl adjacent to an activating group) is 1. The zero-order valence-electron chi connectivity index (χ0n) is 13.2. The van der Waals surface area contributed by atoms with Crippen LogP contribution in [-0.4, -0.2) is 59.0 Å². The van der Waals surface area contributed by atoms with Crippen LogP contribution < -0.4 is 0 Å². The number of ketones is 1. The smallest absolute Gasteiger partial charge is 0.188 e. The van der Waals surface area contributed by atoms with E-state index in [0.717, 1.165) is 26.2 Å². The van der Waals surface area contributed by atoms with Crippen LogP contribution >= 0.6 is 0 Å². The SMILES string of the molecule is CCN1[C@H](C)CN(Cc2ccc(C(=O)CO)cc2)C[C@@H]1C. The summed E-state index contributed by atoms with van der Waals surface area (Å²) in [5.41, 5.74) is 1.80. The van der Waals surface area contributed by atoms with Crippen LogP contribution in [0.5, 0.6) is 0 Å². The van der Waals surface area contributed by atoms with E-state index in [9.17, 15) is 4.79 Å². The predicted octanol–water partition coefficient (Wildman–Crippen LogP) is 1.78. The summed E-state index contributed by atoms with van der Waals surface area (Å²) in [7, 11) is 0. The molecule has 1 heterocycles. The van der Waals surface area contributed by atoms with Gasteiger partial charge in [-0.15, -0.1) is 0 Å². The van der Waals surface area contributed by atoms with Crippen molar-refractivity contribution in [2.75, 3.05) is 26.2 Å². The average molecular weight is 290 g/mol. The van der Waals surface area contributed by atoms with Gasteiger partial charge in [0.25, 0.3) is 0 Å². The monoisotopic (exact) mass is 290 g/mol. The molecule has 21 heavy (non-hydrogen) atoms. The van der Waals surface area contributed by atoms with Gasteiger partial charge in [0, 0.05) is 37.3 Å². The summed E-state index contributed by atoms with van der Waals surface area (Å²) in [6.45, 7) is 10.6. The van der Waals surface area contributed by atoms with E-state index in [1.165, 1.54) is 5.56 Å². The van der Waals surface area contributed by atoms with Crippen LogP contribution in [-0.2, 0) is 6.54 Å². The molecule has 0 amide bonds. The van der Waals surface area contributed by atoms with E-state index in [1.807, 2.05) is 24.3 Å². The third-order valence-corrected chi connectivity index (χ3v) is 4.37. The number of carbonyl (C=O) groups is 1. The molecule has 0 radical (unpaired) electrons. The van der Waals surface area contributed by atoms with Gasteiger partial charge < -0.3 is 5.11 Å². The lowest BCUT2D eigenvalue weighted by atomic mass is 10.1. The van der Waals surface area contributed by atoms with Gasteiger partial charge in [-0.1, -0.05) is 31.2 Å². The molecule has 1 N–H and O–H groups in total. The van der Waals surface area contributed by atoms with E-state index in [2.05, 4.69) is 30.6 Å². The van der Waals surface area contributed by atoms with E-state index >= 15 is 0 Å². The number of Topliss-reactive ketones (excluding diaryl/α,β-unsaturated/α-hetero) is 1. The molecule has 0 saturated carbocycles. The summed E-state index contributed by atoms with van der Waals surface area (Å²) in [4.78, 5) is 16.4. The number of aliphatic hydroxyl groups excluding tert-OH is 1. The maximum atomic E-state index is 11.4. The number of hydrogen-bond donors (Lipinski definition) is 1. The zero-order chi connectivity index (χ0) is 15.4. The molecule has 0 bridgehead atoms. The van der Waals surface area contributed by atoms with E-state index in [4.69, 9.17) is 5.11 Å². The minimum atomic E-state index is -0.423. The quantitative estimate of drug-likeness (QED) is 0.840. The van der Waals surface area contributed by atoms with Crippen molar-refractivity contribution in [3.05, 3.63) is 35.4 Å². The van der Waals surface area contributed by atoms with Gasteiger partial charge in [0.1, 0.15) is 6.61 Å². The Morgan fingerprint density at radius 2 is 1.76 bits per heavy atom. The first-order chi connectivity index (χ1) is 10.0. The Balaban J connectivity index is 1.97. The summed E-state index contributed by atoms with van der Waals surface area (Å²) >= 11 is 0. The molecule has 1 aliphatic rings. The van der Waals surface area contributed by atoms with Crippen LogP contribution in [0.15, 0.2) is 24.3 Å². The highest BCUT2D eigenvalue weighted by Crippen LogP contribution is 2.17. The number of hydrogen-bond acceptors (Lipinski definition) is 4. The lowest BCUT2D eigenvalue weighted by molar-refractivity contribution is 0.0392. The molecule has 4 heteroatoms. The topological polar surface area (TPSA) is 43.8 Å². The Morgan fingerprint density at radius 3 is 2.24 bits per heavy atom. The number of aliphatic hydroxyl groups is 1. The number of piperazine rings is 1. The summed E-state index contributed by atoms with van der Waals surface area (Å²) in [6, 6.07) is 8.75. The second-order valence-corrected chi connectivity index (χ2v) is 6.00. The van der Waals surface area contributed by atoms with Gasteiger partial charge in [0.2, 0.25) is 0 Å². The second-order valence-electron chi connectivity index (χ2n) is 6.00. The van der Waals surface area contributed by atoms with Gasteiger partial charge in [-0.2, -0.15) is 0 Å². The molecule has 1 aromatic rings. The number of rotatable bonds is 5. The molecule has 0 unspecified atom stereocenters. The highest BCUT2D eigenvalue weighted by Gasteiger charge is 2.27. The van der Waals surface area contributed by atoms with E-state index < -0.39 is 6.61 Å². The largest absolute Gasteiger partial charge is 0.388 e. The summed E-state index contributed by atoms with van der Waals surface area (Å²) in [6.07, 6.45) is 0. The Kier molecular flexibility index (Phi) is 5.51. The molecule has 4 nitrogen and oxygen atoms in total. The van der Waals surface area contributed by atoms with Crippen LogP contribution in [0.3, 0.4) is 0 Å². The molecule has 2 rings (SSSR count). The van der Waals surface area contributed by atoms with Gasteiger partial charge in [-0.05, 0) is 26.0 Å². The van der Waals surface area contributed by atoms with Crippen LogP contribution in [0.2, 0.25) is 0 Å². The van der Waals surface area contributed by atoms with Crippen molar-refractivity contribution in [3.8, 4) is 0 Å². The molecule has 1 saturated heterocycles. The van der Waals surface area contributed by atoms with Gasteiger partial charge in [-0.25, -0.2) is 0 Å². The maximum Gasteiger partial charge on any atom is 0.188 e. The van der Waals surface area contributed by atoms with Gasteiger partial charge >= 0.3 is 0 Å². The molecule has 1 aromatic carbocycles. The highest BCUT2D eigenvalue weighted by molar-refractivity contribution is 5.96. The van der Waals surface area contributed by atoms with Crippen molar-refractivity contribution in [2.24, 2.45) is 0 Å². The standard InChI is InChI=1S/C17H26N2O2/c1-4-19-13(2)9-18(10-14(19)3)11-15-5-7-16(8-6-15)17(21)12-20/h5-8,13-14,20H,4,9-12H2,1-3H3/t13-,14+. The number of benzene rings is 1. The molecule has 1 fully saturated rings. The van der Waals surface area contributed by atoms with Crippen molar-refractivity contribution >= 4 is 5.78 Å². The second kappa shape index (κ2) is 7.16. The normalized spacial score (nSPS) is 24.2. The van der Waals surface area contributed by atoms with Crippen LogP contribution in [0.1, 0.15) is 36.7 Å². The molecule has 2 atom stereocenters. The Morgan fingerprint density at radius 1 is 1.19 bits per heavy atom. The molecular formula is C17H26N2O2. The van der Waals surface area contributed by atoms with Crippen molar-refractivity contribution < 1.29 is 9.90 Å². The van der Waals surface area contributed by atoms with Gasteiger partial charge in [0.05, 0.1) is 0 Å². The molecule has 116 valence electrons. The van der Waals surface area contributed by atoms with Gasteiger partial charge in [-0.3, -0.25) is 14.6 Å². The predicted molar refractivity (Wildman–Crippen MR) is 84.4 cm³/mol. The first kappa shape index (κ1) is 16.1. The molecular weight excluding hydrogens is 264 g/mol. The fourth-order valence-electron chi connectivity index (χ4n) is 3.36. The van der Waals surface area contributed by atoms with E-state index in [1.54, 1.807) is 0 Å². The Hall–Kier alpha value is -1.23. The summed E-state index contributed by atoms with van der Waals surface area (Å²) in [5, 5.41) is 8.86. The molecule has 1 aliphatic heterocycles.